The van der Waals surface area contributed by atoms with Gasteiger partial charge in [0.15, 0.2) is 0 Å². The number of halogens is 1. The van der Waals surface area contributed by atoms with E-state index in [0.29, 0.717) is 23.7 Å². The second-order valence-electron chi connectivity index (χ2n) is 9.16. The molecule has 1 saturated carbocycles. The van der Waals surface area contributed by atoms with Crippen molar-refractivity contribution in [1.29, 1.82) is 0 Å². The lowest BCUT2D eigenvalue weighted by molar-refractivity contribution is 0.145. The number of rotatable bonds is 7. The van der Waals surface area contributed by atoms with Crippen LogP contribution in [0.1, 0.15) is 55.2 Å². The lowest BCUT2D eigenvalue weighted by Gasteiger charge is -2.37. The third-order valence-electron chi connectivity index (χ3n) is 6.65. The summed E-state index contributed by atoms with van der Waals surface area (Å²) >= 11 is 0. The molecule has 1 heterocycles. The third kappa shape index (κ3) is 5.40. The molecule has 1 fully saturated rings. The molecule has 0 saturated heterocycles. The molecule has 1 unspecified atom stereocenters. The van der Waals surface area contributed by atoms with Gasteiger partial charge in [-0.25, -0.2) is 4.39 Å². The third-order valence-corrected chi connectivity index (χ3v) is 6.65. The Bertz CT molecular complexity index is 957. The molecule has 0 radical (unpaired) electrons. The highest BCUT2D eigenvalue weighted by atomic mass is 19.1. The minimum atomic E-state index is -0.170. The maximum absolute atomic E-state index is 13.4. The van der Waals surface area contributed by atoms with Crippen LogP contribution in [0.4, 0.5) is 4.39 Å². The van der Waals surface area contributed by atoms with Crippen LogP contribution < -0.4 is 0 Å². The van der Waals surface area contributed by atoms with Gasteiger partial charge in [0.25, 0.3) is 0 Å². The van der Waals surface area contributed by atoms with Gasteiger partial charge in [-0.1, -0.05) is 60.0 Å². The molecule has 4 nitrogen and oxygen atoms in total. The molecule has 31 heavy (non-hydrogen) atoms. The van der Waals surface area contributed by atoms with Crippen LogP contribution in [0.2, 0.25) is 0 Å². The molecule has 1 atom stereocenters. The highest BCUT2D eigenvalue weighted by molar-refractivity contribution is 5.54. The summed E-state index contributed by atoms with van der Waals surface area (Å²) in [6.07, 6.45) is 6.76. The molecule has 5 heteroatoms. The van der Waals surface area contributed by atoms with Crippen molar-refractivity contribution in [1.82, 2.24) is 15.0 Å². The normalized spacial score (nSPS) is 20.2. The molecular formula is C26H32FN3O. The summed E-state index contributed by atoms with van der Waals surface area (Å²) in [4.78, 5) is 6.87. The van der Waals surface area contributed by atoms with Crippen LogP contribution >= 0.6 is 0 Å². The minimum absolute atomic E-state index is 0.170. The first-order valence-corrected chi connectivity index (χ1v) is 11.3. The van der Waals surface area contributed by atoms with E-state index in [1.165, 1.54) is 36.8 Å². The second kappa shape index (κ2) is 9.73. The Hall–Kier alpha value is -2.53. The molecule has 1 aliphatic carbocycles. The molecule has 0 aliphatic heterocycles. The van der Waals surface area contributed by atoms with Gasteiger partial charge in [-0.3, -0.25) is 0 Å². The summed E-state index contributed by atoms with van der Waals surface area (Å²) in [5.41, 5.74) is 3.43. The zero-order valence-corrected chi connectivity index (χ0v) is 18.7. The number of hydrogen-bond donors (Lipinski definition) is 0. The van der Waals surface area contributed by atoms with Gasteiger partial charge >= 0.3 is 0 Å². The van der Waals surface area contributed by atoms with E-state index in [9.17, 15) is 4.39 Å². The molecule has 0 spiro atoms. The first-order chi connectivity index (χ1) is 15.0. The fourth-order valence-corrected chi connectivity index (χ4v) is 4.95. The van der Waals surface area contributed by atoms with Crippen LogP contribution in [0, 0.1) is 24.6 Å². The van der Waals surface area contributed by atoms with E-state index in [1.54, 1.807) is 12.1 Å². The maximum Gasteiger partial charge on any atom is 0.226 e. The number of hydrogen-bond acceptors (Lipinski definition) is 4. The van der Waals surface area contributed by atoms with E-state index in [0.717, 1.165) is 24.3 Å². The number of benzene rings is 2. The first-order valence-electron chi connectivity index (χ1n) is 11.3. The van der Waals surface area contributed by atoms with E-state index in [-0.39, 0.29) is 5.82 Å². The molecule has 4 rings (SSSR count). The standard InChI is InChI=1S/C26H32FN3O/c1-18-4-9-22(10-5-18)26-28-24(31-29-26)17-8-19-6-11-20(12-7-19)25(30(2)3)21-13-15-23(27)16-14-21/h4-5,9-10,13-16,19-20,25H,6-8,11-12,17H2,1-3H3. The number of aryl methyl sites for hydroxylation is 2. The smallest absolute Gasteiger partial charge is 0.226 e. The van der Waals surface area contributed by atoms with Crippen LogP contribution in [0.15, 0.2) is 53.1 Å². The van der Waals surface area contributed by atoms with Gasteiger partial charge in [-0.2, -0.15) is 4.98 Å². The van der Waals surface area contributed by atoms with E-state index >= 15 is 0 Å². The van der Waals surface area contributed by atoms with Gasteiger partial charge in [0, 0.05) is 18.0 Å². The van der Waals surface area contributed by atoms with Crippen molar-refractivity contribution >= 4 is 0 Å². The average Bonchev–Trinajstić information content (AvgIpc) is 3.24. The summed E-state index contributed by atoms with van der Waals surface area (Å²) in [5.74, 6) is 2.54. The zero-order valence-electron chi connectivity index (χ0n) is 18.7. The van der Waals surface area contributed by atoms with Crippen LogP contribution in [0.3, 0.4) is 0 Å². The molecule has 0 N–H and O–H groups in total. The van der Waals surface area contributed by atoms with Crippen molar-refractivity contribution < 1.29 is 8.91 Å². The molecular weight excluding hydrogens is 389 g/mol. The Labute approximate surface area is 184 Å². The maximum atomic E-state index is 13.4. The van der Waals surface area contributed by atoms with Crippen molar-refractivity contribution in [3.05, 3.63) is 71.4 Å². The van der Waals surface area contributed by atoms with Crippen LogP contribution in [0.5, 0.6) is 0 Å². The van der Waals surface area contributed by atoms with E-state index in [4.69, 9.17) is 4.52 Å². The first kappa shape index (κ1) is 21.7. The molecule has 0 bridgehead atoms. The van der Waals surface area contributed by atoms with E-state index in [1.807, 2.05) is 24.3 Å². The minimum Gasteiger partial charge on any atom is -0.339 e. The van der Waals surface area contributed by atoms with Gasteiger partial charge in [0.1, 0.15) is 5.82 Å². The zero-order chi connectivity index (χ0) is 21.8. The van der Waals surface area contributed by atoms with E-state index in [2.05, 4.69) is 48.2 Å². The molecule has 3 aromatic rings. The lowest BCUT2D eigenvalue weighted by Crippen LogP contribution is -2.30. The second-order valence-corrected chi connectivity index (χ2v) is 9.16. The van der Waals surface area contributed by atoms with Crippen LogP contribution in [0.25, 0.3) is 11.4 Å². The molecule has 1 aliphatic rings. The molecule has 1 aromatic heterocycles. The van der Waals surface area contributed by atoms with Crippen molar-refractivity contribution in [3.63, 3.8) is 0 Å². The van der Waals surface area contributed by atoms with Crippen LogP contribution in [-0.2, 0) is 6.42 Å². The summed E-state index contributed by atoms with van der Waals surface area (Å²) in [7, 11) is 4.25. The van der Waals surface area contributed by atoms with Crippen molar-refractivity contribution in [2.75, 3.05) is 14.1 Å². The summed E-state index contributed by atoms with van der Waals surface area (Å²) in [6.45, 7) is 2.07. The monoisotopic (exact) mass is 421 g/mol. The topological polar surface area (TPSA) is 42.2 Å². The Morgan fingerprint density at radius 1 is 1.00 bits per heavy atom. The Kier molecular flexibility index (Phi) is 6.81. The fourth-order valence-electron chi connectivity index (χ4n) is 4.95. The number of aromatic nitrogens is 2. The highest BCUT2D eigenvalue weighted by Gasteiger charge is 2.30. The SMILES string of the molecule is Cc1ccc(-c2noc(CCC3CCC(C(c4ccc(F)cc4)N(C)C)CC3)n2)cc1. The highest BCUT2D eigenvalue weighted by Crippen LogP contribution is 2.40. The van der Waals surface area contributed by atoms with Crippen LogP contribution in [-0.4, -0.2) is 29.1 Å². The van der Waals surface area contributed by atoms with E-state index < -0.39 is 0 Å². The lowest BCUT2D eigenvalue weighted by atomic mass is 9.75. The largest absolute Gasteiger partial charge is 0.339 e. The summed E-state index contributed by atoms with van der Waals surface area (Å²) in [6, 6.07) is 15.6. The predicted molar refractivity (Wildman–Crippen MR) is 121 cm³/mol. The number of nitrogens with zero attached hydrogens (tertiary/aromatic N) is 3. The van der Waals surface area contributed by atoms with Crippen molar-refractivity contribution in [3.8, 4) is 11.4 Å². The molecule has 2 aromatic carbocycles. The van der Waals surface area contributed by atoms with Gasteiger partial charge < -0.3 is 9.42 Å². The quantitative estimate of drug-likeness (QED) is 0.454. The summed E-state index contributed by atoms with van der Waals surface area (Å²) in [5, 5.41) is 4.16. The summed E-state index contributed by atoms with van der Waals surface area (Å²) < 4.78 is 18.9. The average molecular weight is 422 g/mol. The van der Waals surface area contributed by atoms with Crippen molar-refractivity contribution in [2.45, 2.75) is 51.5 Å². The van der Waals surface area contributed by atoms with Gasteiger partial charge in [0.05, 0.1) is 0 Å². The molecule has 0 amide bonds. The Morgan fingerprint density at radius 2 is 1.68 bits per heavy atom. The van der Waals surface area contributed by atoms with Gasteiger partial charge in [-0.05, 0) is 69.8 Å². The van der Waals surface area contributed by atoms with Crippen molar-refractivity contribution in [2.24, 2.45) is 11.8 Å². The Balaban J connectivity index is 1.30. The fraction of sp³-hybridized carbons (Fsp3) is 0.462. The van der Waals surface area contributed by atoms with Gasteiger partial charge in [0.2, 0.25) is 11.7 Å². The van der Waals surface area contributed by atoms with Gasteiger partial charge in [-0.15, -0.1) is 0 Å². The molecule has 164 valence electrons. The predicted octanol–water partition coefficient (Wildman–Crippen LogP) is 6.23. The Morgan fingerprint density at radius 3 is 2.32 bits per heavy atom.